The predicted molar refractivity (Wildman–Crippen MR) is 52.8 cm³/mol. The Hall–Kier alpha value is 0.320. The molecule has 0 aromatic carbocycles. The lowest BCUT2D eigenvalue weighted by Gasteiger charge is -2.41. The zero-order chi connectivity index (χ0) is 10.8. The van der Waals surface area contributed by atoms with Crippen LogP contribution in [-0.4, -0.2) is 16.7 Å². The summed E-state index contributed by atoms with van der Waals surface area (Å²) in [6.45, 7) is 0. The second-order valence-corrected chi connectivity index (χ2v) is 6.55. The van der Waals surface area contributed by atoms with E-state index in [9.17, 15) is 17.6 Å². The van der Waals surface area contributed by atoms with Crippen molar-refractivity contribution in [3.05, 3.63) is 12.2 Å². The number of hydrogen-bond donors (Lipinski definition) is 0. The number of hydrogen-bond acceptors (Lipinski definition) is 0. The molecule has 14 heavy (non-hydrogen) atoms. The quantitative estimate of drug-likeness (QED) is 0.349. The lowest BCUT2D eigenvalue weighted by molar-refractivity contribution is -0.239. The summed E-state index contributed by atoms with van der Waals surface area (Å²) in [5, 5.41) is 0. The van der Waals surface area contributed by atoms with E-state index in [1.54, 1.807) is 6.08 Å². The Kier molecular flexibility index (Phi) is 2.09. The number of halogens is 4. The molecule has 0 spiro atoms. The van der Waals surface area contributed by atoms with Crippen LogP contribution in [-0.2, 0) is 0 Å². The van der Waals surface area contributed by atoms with Crippen molar-refractivity contribution in [3.63, 3.8) is 0 Å². The highest BCUT2D eigenvalue weighted by molar-refractivity contribution is 7.40. The van der Waals surface area contributed by atoms with Gasteiger partial charge in [-0.05, 0) is 12.3 Å². The van der Waals surface area contributed by atoms with E-state index in [1.165, 1.54) is 6.08 Å². The lowest BCUT2D eigenvalue weighted by Crippen LogP contribution is -2.56. The van der Waals surface area contributed by atoms with E-state index in [1.807, 2.05) is 18.5 Å². The van der Waals surface area contributed by atoms with Gasteiger partial charge in [0.15, 0.2) is 0 Å². The standard InChI is InChI=1S/C8H10F4P2/c9-6(8(10,11)12)4-1-2-5(3-4)7(6,13)14/h1-2,4-5H,3,13-14H2. The fourth-order valence-electron chi connectivity index (χ4n) is 2.39. The van der Waals surface area contributed by atoms with E-state index in [4.69, 9.17) is 0 Å². The molecule has 2 rings (SSSR count). The van der Waals surface area contributed by atoms with Gasteiger partial charge in [0.2, 0.25) is 5.67 Å². The summed E-state index contributed by atoms with van der Waals surface area (Å²) in [5.41, 5.74) is -3.12. The van der Waals surface area contributed by atoms with Gasteiger partial charge < -0.3 is 0 Å². The van der Waals surface area contributed by atoms with Crippen LogP contribution in [0.3, 0.4) is 0 Å². The molecule has 0 aromatic rings. The minimum absolute atomic E-state index is 0.253. The SMILES string of the molecule is FC(F)(F)C1(F)C2C=CC(C2)C1(P)P. The van der Waals surface area contributed by atoms with Crippen molar-refractivity contribution < 1.29 is 17.6 Å². The Morgan fingerprint density at radius 1 is 1.14 bits per heavy atom. The van der Waals surface area contributed by atoms with Crippen LogP contribution in [0, 0.1) is 11.8 Å². The zero-order valence-corrected chi connectivity index (χ0v) is 9.49. The van der Waals surface area contributed by atoms with E-state index in [-0.39, 0.29) is 12.3 Å². The Balaban J connectivity index is 2.50. The molecule has 5 unspecified atom stereocenters. The van der Waals surface area contributed by atoms with Gasteiger partial charge in [0.05, 0.1) is 0 Å². The van der Waals surface area contributed by atoms with Crippen LogP contribution in [0.15, 0.2) is 12.2 Å². The van der Waals surface area contributed by atoms with Crippen molar-refractivity contribution in [2.24, 2.45) is 11.8 Å². The van der Waals surface area contributed by atoms with E-state index < -0.39 is 22.7 Å². The molecule has 0 aromatic heterocycles. The third kappa shape index (κ3) is 1.02. The molecule has 2 aliphatic carbocycles. The summed E-state index contributed by atoms with van der Waals surface area (Å²) < 4.78 is 52.1. The molecule has 80 valence electrons. The van der Waals surface area contributed by atoms with Crippen LogP contribution in [0.5, 0.6) is 0 Å². The van der Waals surface area contributed by atoms with Gasteiger partial charge in [-0.2, -0.15) is 13.2 Å². The van der Waals surface area contributed by atoms with Gasteiger partial charge in [-0.15, -0.1) is 18.5 Å². The van der Waals surface area contributed by atoms with Crippen molar-refractivity contribution in [1.82, 2.24) is 0 Å². The molecule has 5 atom stereocenters. The third-order valence-corrected chi connectivity index (χ3v) is 4.95. The summed E-state index contributed by atoms with van der Waals surface area (Å²) in [6.07, 6.45) is -1.53. The maximum atomic E-state index is 14.1. The van der Waals surface area contributed by atoms with Gasteiger partial charge in [0, 0.05) is 10.8 Å². The summed E-state index contributed by atoms with van der Waals surface area (Å²) in [4.78, 5) is -1.50. The van der Waals surface area contributed by atoms with Gasteiger partial charge in [-0.3, -0.25) is 0 Å². The molecule has 1 saturated carbocycles. The maximum absolute atomic E-state index is 14.1. The Morgan fingerprint density at radius 2 is 1.64 bits per heavy atom. The van der Waals surface area contributed by atoms with Gasteiger partial charge in [0.25, 0.3) is 0 Å². The minimum atomic E-state index is -4.80. The van der Waals surface area contributed by atoms with Crippen LogP contribution in [0.2, 0.25) is 0 Å². The minimum Gasteiger partial charge on any atom is -0.232 e. The monoisotopic (exact) mass is 244 g/mol. The van der Waals surface area contributed by atoms with Crippen molar-refractivity contribution in [1.29, 1.82) is 0 Å². The smallest absolute Gasteiger partial charge is 0.232 e. The van der Waals surface area contributed by atoms with Crippen LogP contribution < -0.4 is 0 Å². The summed E-state index contributed by atoms with van der Waals surface area (Å²) in [6, 6.07) is 0. The van der Waals surface area contributed by atoms with Gasteiger partial charge in [-0.1, -0.05) is 12.2 Å². The van der Waals surface area contributed by atoms with Crippen molar-refractivity contribution >= 4 is 18.5 Å². The summed E-state index contributed by atoms with van der Waals surface area (Å²) in [7, 11) is 4.04. The summed E-state index contributed by atoms with van der Waals surface area (Å²) >= 11 is 0. The van der Waals surface area contributed by atoms with E-state index >= 15 is 0 Å². The lowest BCUT2D eigenvalue weighted by atomic mass is 9.88. The van der Waals surface area contributed by atoms with Crippen LogP contribution in [0.4, 0.5) is 17.6 Å². The second kappa shape index (κ2) is 2.71. The highest BCUT2D eigenvalue weighted by Gasteiger charge is 2.74. The van der Waals surface area contributed by atoms with Crippen molar-refractivity contribution in [3.8, 4) is 0 Å². The molecular weight excluding hydrogens is 234 g/mol. The average molecular weight is 244 g/mol. The number of allylic oxidation sites excluding steroid dienone is 2. The van der Waals surface area contributed by atoms with E-state index in [0.29, 0.717) is 0 Å². The first-order chi connectivity index (χ1) is 6.21. The molecular formula is C8H10F4P2. The predicted octanol–water partition coefficient (Wildman–Crippen LogP) is 2.91. The molecule has 0 aliphatic heterocycles. The molecule has 0 radical (unpaired) electrons. The maximum Gasteiger partial charge on any atom is 0.424 e. The molecule has 2 aliphatic rings. The molecule has 0 heterocycles. The Bertz CT molecular complexity index is 296. The fourth-order valence-corrected chi connectivity index (χ4v) is 3.64. The van der Waals surface area contributed by atoms with Crippen molar-refractivity contribution in [2.75, 3.05) is 0 Å². The average Bonchev–Trinajstić information content (AvgIpc) is 2.52. The Labute approximate surface area is 83.9 Å². The molecule has 1 fully saturated rings. The normalized spacial score (nSPS) is 44.7. The van der Waals surface area contributed by atoms with Crippen LogP contribution in [0.25, 0.3) is 0 Å². The van der Waals surface area contributed by atoms with E-state index in [2.05, 4.69) is 0 Å². The Morgan fingerprint density at radius 3 is 1.93 bits per heavy atom. The zero-order valence-electron chi connectivity index (χ0n) is 7.18. The molecule has 2 bridgehead atoms. The molecule has 6 heteroatoms. The molecule has 0 saturated heterocycles. The first-order valence-corrected chi connectivity index (χ1v) is 5.38. The molecule has 0 nitrogen and oxygen atoms in total. The van der Waals surface area contributed by atoms with Crippen LogP contribution >= 0.6 is 18.5 Å². The third-order valence-electron chi connectivity index (χ3n) is 3.25. The second-order valence-electron chi connectivity index (χ2n) is 3.98. The highest BCUT2D eigenvalue weighted by atomic mass is 31.1. The van der Waals surface area contributed by atoms with Crippen molar-refractivity contribution in [2.45, 2.75) is 23.2 Å². The summed E-state index contributed by atoms with van der Waals surface area (Å²) in [5.74, 6) is -1.38. The van der Waals surface area contributed by atoms with Gasteiger partial charge >= 0.3 is 6.18 Å². The first-order valence-electron chi connectivity index (χ1n) is 4.23. The largest absolute Gasteiger partial charge is 0.424 e. The molecule has 0 N–H and O–H groups in total. The van der Waals surface area contributed by atoms with Crippen LogP contribution in [0.1, 0.15) is 6.42 Å². The van der Waals surface area contributed by atoms with Gasteiger partial charge in [0.1, 0.15) is 0 Å². The van der Waals surface area contributed by atoms with Gasteiger partial charge in [-0.25, -0.2) is 4.39 Å². The number of rotatable bonds is 0. The van der Waals surface area contributed by atoms with E-state index in [0.717, 1.165) is 0 Å². The number of fused-ring (bicyclic) bond motifs is 2. The highest BCUT2D eigenvalue weighted by Crippen LogP contribution is 2.67. The fraction of sp³-hybridized carbons (Fsp3) is 0.750. The topological polar surface area (TPSA) is 0 Å². The number of alkyl halides is 4. The first kappa shape index (κ1) is 10.8. The molecule has 0 amide bonds.